The van der Waals surface area contributed by atoms with Crippen LogP contribution in [0.1, 0.15) is 27.9 Å². The zero-order valence-corrected chi connectivity index (χ0v) is 18.2. The molecule has 6 nitrogen and oxygen atoms in total. The number of methoxy groups -OCH3 is 1. The van der Waals surface area contributed by atoms with Crippen molar-refractivity contribution in [3.63, 3.8) is 0 Å². The highest BCUT2D eigenvalue weighted by atomic mass is 35.5. The summed E-state index contributed by atoms with van der Waals surface area (Å²) in [7, 11) is 1.59. The SMILES string of the molecule is COc1ccc(Cl)cc1CNC(=O)CN1CCCN(C(=O)c2cccc(C)c2)CC1. The zero-order chi connectivity index (χ0) is 21.5. The van der Waals surface area contributed by atoms with E-state index in [0.717, 1.165) is 29.7 Å². The minimum Gasteiger partial charge on any atom is -0.496 e. The summed E-state index contributed by atoms with van der Waals surface area (Å²) in [6, 6.07) is 13.0. The third kappa shape index (κ3) is 5.97. The number of nitrogens with zero attached hydrogens (tertiary/aromatic N) is 2. The van der Waals surface area contributed by atoms with Gasteiger partial charge in [0.1, 0.15) is 5.75 Å². The molecule has 1 fully saturated rings. The Balaban J connectivity index is 1.50. The number of nitrogens with one attached hydrogen (secondary N) is 1. The molecule has 1 aliphatic heterocycles. The maximum atomic E-state index is 12.8. The fourth-order valence-electron chi connectivity index (χ4n) is 3.63. The molecule has 1 heterocycles. The van der Waals surface area contributed by atoms with E-state index < -0.39 is 0 Å². The van der Waals surface area contributed by atoms with Gasteiger partial charge in [-0.15, -0.1) is 0 Å². The van der Waals surface area contributed by atoms with E-state index in [1.807, 2.05) is 36.1 Å². The van der Waals surface area contributed by atoms with Gasteiger partial charge in [-0.2, -0.15) is 0 Å². The summed E-state index contributed by atoms with van der Waals surface area (Å²) in [6.45, 7) is 5.41. The quantitative estimate of drug-likeness (QED) is 0.766. The van der Waals surface area contributed by atoms with Crippen LogP contribution in [0.5, 0.6) is 5.75 Å². The second-order valence-corrected chi connectivity index (χ2v) is 7.96. The van der Waals surface area contributed by atoms with Crippen LogP contribution in [0, 0.1) is 6.92 Å². The molecule has 0 spiro atoms. The summed E-state index contributed by atoms with van der Waals surface area (Å²) in [5.41, 5.74) is 2.63. The normalized spacial score (nSPS) is 14.8. The molecule has 1 saturated heterocycles. The Bertz CT molecular complexity index is 903. The number of rotatable bonds is 6. The van der Waals surface area contributed by atoms with Gasteiger partial charge in [-0.25, -0.2) is 0 Å². The maximum Gasteiger partial charge on any atom is 0.253 e. The van der Waals surface area contributed by atoms with Gasteiger partial charge in [0.15, 0.2) is 0 Å². The number of benzene rings is 2. The lowest BCUT2D eigenvalue weighted by Gasteiger charge is -2.22. The number of halogens is 1. The third-order valence-corrected chi connectivity index (χ3v) is 5.46. The Morgan fingerprint density at radius 1 is 1.10 bits per heavy atom. The Hall–Kier alpha value is -2.57. The van der Waals surface area contributed by atoms with Crippen molar-refractivity contribution in [3.05, 3.63) is 64.2 Å². The predicted octanol–water partition coefficient (Wildman–Crippen LogP) is 3.12. The molecule has 3 rings (SSSR count). The fraction of sp³-hybridized carbons (Fsp3) is 0.391. The van der Waals surface area contributed by atoms with E-state index in [0.29, 0.717) is 43.5 Å². The van der Waals surface area contributed by atoms with Crippen molar-refractivity contribution >= 4 is 23.4 Å². The number of amides is 2. The number of aryl methyl sites for hydroxylation is 1. The Morgan fingerprint density at radius 3 is 2.70 bits per heavy atom. The van der Waals surface area contributed by atoms with Crippen LogP contribution >= 0.6 is 11.6 Å². The van der Waals surface area contributed by atoms with Gasteiger partial charge in [-0.3, -0.25) is 14.5 Å². The minimum atomic E-state index is -0.0597. The summed E-state index contributed by atoms with van der Waals surface area (Å²) < 4.78 is 5.32. The van der Waals surface area contributed by atoms with Gasteiger partial charge in [0.25, 0.3) is 5.91 Å². The van der Waals surface area contributed by atoms with Crippen LogP contribution in [-0.4, -0.2) is 61.4 Å². The van der Waals surface area contributed by atoms with Gasteiger partial charge in [0.2, 0.25) is 5.91 Å². The first-order chi connectivity index (χ1) is 14.5. The van der Waals surface area contributed by atoms with Crippen molar-refractivity contribution in [3.8, 4) is 5.75 Å². The molecule has 7 heteroatoms. The van der Waals surface area contributed by atoms with Gasteiger partial charge in [0, 0.05) is 48.9 Å². The van der Waals surface area contributed by atoms with E-state index >= 15 is 0 Å². The molecule has 0 bridgehead atoms. The van der Waals surface area contributed by atoms with E-state index in [2.05, 4.69) is 10.2 Å². The molecule has 1 N–H and O–H groups in total. The van der Waals surface area contributed by atoms with Crippen molar-refractivity contribution < 1.29 is 14.3 Å². The molecular formula is C23H28ClN3O3. The summed E-state index contributed by atoms with van der Waals surface area (Å²) in [4.78, 5) is 29.2. The second kappa shape index (κ2) is 10.5. The molecule has 0 radical (unpaired) electrons. The van der Waals surface area contributed by atoms with Crippen molar-refractivity contribution in [1.82, 2.24) is 15.1 Å². The van der Waals surface area contributed by atoms with E-state index in [4.69, 9.17) is 16.3 Å². The topological polar surface area (TPSA) is 61.9 Å². The lowest BCUT2D eigenvalue weighted by Crippen LogP contribution is -2.40. The number of carbonyl (C=O) groups is 2. The van der Waals surface area contributed by atoms with Crippen LogP contribution < -0.4 is 10.1 Å². The molecule has 0 saturated carbocycles. The average Bonchev–Trinajstić information content (AvgIpc) is 2.97. The van der Waals surface area contributed by atoms with Gasteiger partial charge >= 0.3 is 0 Å². The fourth-order valence-corrected chi connectivity index (χ4v) is 3.83. The first kappa shape index (κ1) is 22.1. The van der Waals surface area contributed by atoms with Crippen molar-refractivity contribution in [2.24, 2.45) is 0 Å². The molecule has 0 atom stereocenters. The Kier molecular flexibility index (Phi) is 7.71. The van der Waals surface area contributed by atoms with E-state index in [-0.39, 0.29) is 11.8 Å². The average molecular weight is 430 g/mol. The largest absolute Gasteiger partial charge is 0.496 e. The van der Waals surface area contributed by atoms with Crippen LogP contribution in [0.15, 0.2) is 42.5 Å². The number of hydrogen-bond acceptors (Lipinski definition) is 4. The summed E-state index contributed by atoms with van der Waals surface area (Å²) >= 11 is 6.05. The highest BCUT2D eigenvalue weighted by molar-refractivity contribution is 6.30. The predicted molar refractivity (Wildman–Crippen MR) is 118 cm³/mol. The van der Waals surface area contributed by atoms with Gasteiger partial charge in [0.05, 0.1) is 13.7 Å². The molecule has 2 amide bonds. The summed E-state index contributed by atoms with van der Waals surface area (Å²) in [5, 5.41) is 3.54. The van der Waals surface area contributed by atoms with Crippen molar-refractivity contribution in [1.29, 1.82) is 0 Å². The Morgan fingerprint density at radius 2 is 1.93 bits per heavy atom. The first-order valence-electron chi connectivity index (χ1n) is 10.1. The van der Waals surface area contributed by atoms with Crippen LogP contribution in [0.3, 0.4) is 0 Å². The molecule has 0 unspecified atom stereocenters. The molecule has 0 aliphatic carbocycles. The van der Waals surface area contributed by atoms with E-state index in [1.165, 1.54) is 0 Å². The smallest absolute Gasteiger partial charge is 0.253 e. The highest BCUT2D eigenvalue weighted by Gasteiger charge is 2.21. The van der Waals surface area contributed by atoms with Gasteiger partial charge in [-0.05, 0) is 43.7 Å². The van der Waals surface area contributed by atoms with Crippen molar-refractivity contribution in [2.45, 2.75) is 19.9 Å². The Labute approximate surface area is 182 Å². The van der Waals surface area contributed by atoms with Crippen LogP contribution in [0.2, 0.25) is 5.02 Å². The molecule has 2 aromatic carbocycles. The van der Waals surface area contributed by atoms with Crippen molar-refractivity contribution in [2.75, 3.05) is 39.8 Å². The van der Waals surface area contributed by atoms with Crippen LogP contribution in [0.4, 0.5) is 0 Å². The van der Waals surface area contributed by atoms with Crippen LogP contribution in [-0.2, 0) is 11.3 Å². The lowest BCUT2D eigenvalue weighted by atomic mass is 10.1. The lowest BCUT2D eigenvalue weighted by molar-refractivity contribution is -0.122. The summed E-state index contributed by atoms with van der Waals surface area (Å²) in [5.74, 6) is 0.688. The standard InChI is InChI=1S/C23H28ClN3O3/c1-17-5-3-6-18(13-17)23(29)27-10-4-9-26(11-12-27)16-22(28)25-15-19-14-20(24)7-8-21(19)30-2/h3,5-8,13-14H,4,9-12,15-16H2,1-2H3,(H,25,28). The molecule has 2 aromatic rings. The third-order valence-electron chi connectivity index (χ3n) is 5.23. The number of hydrogen-bond donors (Lipinski definition) is 1. The minimum absolute atomic E-state index is 0.0538. The highest BCUT2D eigenvalue weighted by Crippen LogP contribution is 2.22. The monoisotopic (exact) mass is 429 g/mol. The number of ether oxygens (including phenoxy) is 1. The molecule has 30 heavy (non-hydrogen) atoms. The molecule has 1 aliphatic rings. The maximum absolute atomic E-state index is 12.8. The molecule has 160 valence electrons. The summed E-state index contributed by atoms with van der Waals surface area (Å²) in [6.07, 6.45) is 0.840. The van der Waals surface area contributed by atoms with Gasteiger partial charge < -0.3 is 15.0 Å². The first-order valence-corrected chi connectivity index (χ1v) is 10.5. The number of carbonyl (C=O) groups excluding carboxylic acids is 2. The second-order valence-electron chi connectivity index (χ2n) is 7.52. The molecular weight excluding hydrogens is 402 g/mol. The zero-order valence-electron chi connectivity index (χ0n) is 17.5. The van der Waals surface area contributed by atoms with E-state index in [9.17, 15) is 9.59 Å². The van der Waals surface area contributed by atoms with E-state index in [1.54, 1.807) is 25.3 Å². The molecule has 0 aromatic heterocycles. The van der Waals surface area contributed by atoms with Crippen LogP contribution in [0.25, 0.3) is 0 Å². The van der Waals surface area contributed by atoms with Gasteiger partial charge in [-0.1, -0.05) is 29.3 Å².